The van der Waals surface area contributed by atoms with Gasteiger partial charge in [0.25, 0.3) is 0 Å². The molecule has 1 fully saturated rings. The van der Waals surface area contributed by atoms with E-state index in [4.69, 9.17) is 0 Å². The monoisotopic (exact) mass is 393 g/mol. The second-order valence-electron chi connectivity index (χ2n) is 8.59. The fraction of sp³-hybridized carbons (Fsp3) is 0.478. The summed E-state index contributed by atoms with van der Waals surface area (Å²) in [4.78, 5) is 23.5. The highest BCUT2D eigenvalue weighted by Crippen LogP contribution is 2.25. The Morgan fingerprint density at radius 1 is 1.00 bits per heavy atom. The average molecular weight is 394 g/mol. The Morgan fingerprint density at radius 3 is 2.41 bits per heavy atom. The van der Waals surface area contributed by atoms with Gasteiger partial charge >= 0.3 is 6.03 Å². The molecule has 0 aliphatic carbocycles. The minimum Gasteiger partial charge on any atom is -0.368 e. The van der Waals surface area contributed by atoms with E-state index < -0.39 is 0 Å². The summed E-state index contributed by atoms with van der Waals surface area (Å²) in [5.41, 5.74) is 3.95. The third kappa shape index (κ3) is 4.53. The van der Waals surface area contributed by atoms with Crippen molar-refractivity contribution in [2.75, 3.05) is 44.2 Å². The van der Waals surface area contributed by atoms with Crippen LogP contribution in [0.15, 0.2) is 48.8 Å². The van der Waals surface area contributed by atoms with Gasteiger partial charge < -0.3 is 15.1 Å². The van der Waals surface area contributed by atoms with Gasteiger partial charge in [-0.3, -0.25) is 9.88 Å². The molecule has 1 saturated heterocycles. The Kier molecular flexibility index (Phi) is 5.72. The van der Waals surface area contributed by atoms with Crippen molar-refractivity contribution in [2.45, 2.75) is 32.4 Å². The molecule has 3 heterocycles. The predicted molar refractivity (Wildman–Crippen MR) is 116 cm³/mol. The predicted octanol–water partition coefficient (Wildman–Crippen LogP) is 2.75. The molecular formula is C23H31N5O. The van der Waals surface area contributed by atoms with Crippen molar-refractivity contribution in [1.29, 1.82) is 0 Å². The molecule has 0 atom stereocenters. The molecule has 0 spiro atoms. The standard InChI is InChI=1S/C23H31N5O/c1-23(2,28-12-9-19-5-3-4-6-20(19)17-28)18-25-22(29)27-15-13-26(14-16-27)21-7-10-24-11-8-21/h3-8,10-11H,9,12-18H2,1-2H3,(H,25,29). The highest BCUT2D eigenvalue weighted by atomic mass is 16.2. The molecule has 2 aromatic rings. The van der Waals surface area contributed by atoms with Gasteiger partial charge in [-0.15, -0.1) is 0 Å². The number of pyridine rings is 1. The Morgan fingerprint density at radius 2 is 1.69 bits per heavy atom. The maximum Gasteiger partial charge on any atom is 0.317 e. The number of anilines is 1. The fourth-order valence-corrected chi connectivity index (χ4v) is 4.25. The second-order valence-corrected chi connectivity index (χ2v) is 8.59. The number of hydrogen-bond donors (Lipinski definition) is 1. The maximum atomic E-state index is 12.7. The number of nitrogens with zero attached hydrogens (tertiary/aromatic N) is 4. The quantitative estimate of drug-likeness (QED) is 0.868. The molecule has 1 aromatic heterocycles. The van der Waals surface area contributed by atoms with Crippen molar-refractivity contribution >= 4 is 11.7 Å². The molecular weight excluding hydrogens is 362 g/mol. The van der Waals surface area contributed by atoms with E-state index in [1.807, 2.05) is 29.4 Å². The number of aromatic nitrogens is 1. The zero-order valence-electron chi connectivity index (χ0n) is 17.5. The van der Waals surface area contributed by atoms with Gasteiger partial charge in [-0.25, -0.2) is 4.79 Å². The largest absolute Gasteiger partial charge is 0.368 e. The molecule has 0 saturated carbocycles. The van der Waals surface area contributed by atoms with Crippen LogP contribution in [0.5, 0.6) is 0 Å². The smallest absolute Gasteiger partial charge is 0.317 e. The summed E-state index contributed by atoms with van der Waals surface area (Å²) in [5, 5.41) is 3.19. The van der Waals surface area contributed by atoms with Crippen LogP contribution in [0, 0.1) is 0 Å². The van der Waals surface area contributed by atoms with Gasteiger partial charge in [0, 0.05) is 69.4 Å². The van der Waals surface area contributed by atoms with Gasteiger partial charge in [0.1, 0.15) is 0 Å². The summed E-state index contributed by atoms with van der Waals surface area (Å²) in [6.07, 6.45) is 4.70. The Bertz CT molecular complexity index is 830. The van der Waals surface area contributed by atoms with Gasteiger partial charge in [-0.1, -0.05) is 24.3 Å². The third-order valence-electron chi connectivity index (χ3n) is 6.25. The lowest BCUT2D eigenvalue weighted by molar-refractivity contribution is 0.102. The number of fused-ring (bicyclic) bond motifs is 1. The fourth-order valence-electron chi connectivity index (χ4n) is 4.25. The van der Waals surface area contributed by atoms with E-state index in [9.17, 15) is 4.79 Å². The highest BCUT2D eigenvalue weighted by Gasteiger charge is 2.31. The van der Waals surface area contributed by atoms with Crippen molar-refractivity contribution in [3.8, 4) is 0 Å². The molecule has 154 valence electrons. The number of carbonyl (C=O) groups excluding carboxylic acids is 1. The second kappa shape index (κ2) is 8.41. The maximum absolute atomic E-state index is 12.7. The van der Waals surface area contributed by atoms with Crippen molar-refractivity contribution in [3.63, 3.8) is 0 Å². The van der Waals surface area contributed by atoms with Crippen molar-refractivity contribution in [3.05, 3.63) is 59.9 Å². The number of carbonyl (C=O) groups is 1. The van der Waals surface area contributed by atoms with Crippen LogP contribution in [0.4, 0.5) is 10.5 Å². The van der Waals surface area contributed by atoms with Crippen LogP contribution in [0.3, 0.4) is 0 Å². The van der Waals surface area contributed by atoms with E-state index in [1.54, 1.807) is 0 Å². The first kappa shape index (κ1) is 19.7. The van der Waals surface area contributed by atoms with Gasteiger partial charge in [-0.2, -0.15) is 0 Å². The molecule has 29 heavy (non-hydrogen) atoms. The van der Waals surface area contributed by atoms with Crippen LogP contribution < -0.4 is 10.2 Å². The van der Waals surface area contributed by atoms with Gasteiger partial charge in [0.2, 0.25) is 0 Å². The summed E-state index contributed by atoms with van der Waals surface area (Å²) in [7, 11) is 0. The van der Waals surface area contributed by atoms with Gasteiger partial charge in [0.05, 0.1) is 0 Å². The molecule has 1 aromatic carbocycles. The lowest BCUT2D eigenvalue weighted by Gasteiger charge is -2.42. The van der Waals surface area contributed by atoms with E-state index in [2.05, 4.69) is 58.2 Å². The van der Waals surface area contributed by atoms with Crippen LogP contribution in [-0.4, -0.2) is 65.6 Å². The van der Waals surface area contributed by atoms with Crippen LogP contribution in [0.25, 0.3) is 0 Å². The summed E-state index contributed by atoms with van der Waals surface area (Å²) in [5.74, 6) is 0. The van der Waals surface area contributed by atoms with E-state index in [-0.39, 0.29) is 11.6 Å². The molecule has 6 heteroatoms. The molecule has 6 nitrogen and oxygen atoms in total. The zero-order chi connectivity index (χ0) is 20.3. The molecule has 0 bridgehead atoms. The molecule has 2 amide bonds. The van der Waals surface area contributed by atoms with E-state index in [0.29, 0.717) is 6.54 Å². The normalized spacial score (nSPS) is 17.7. The number of urea groups is 1. The van der Waals surface area contributed by atoms with Crippen LogP contribution in [0.1, 0.15) is 25.0 Å². The highest BCUT2D eigenvalue weighted by molar-refractivity contribution is 5.74. The molecule has 0 radical (unpaired) electrons. The van der Waals surface area contributed by atoms with Crippen LogP contribution in [0.2, 0.25) is 0 Å². The Balaban J connectivity index is 1.27. The van der Waals surface area contributed by atoms with E-state index in [0.717, 1.165) is 45.7 Å². The molecule has 1 N–H and O–H groups in total. The van der Waals surface area contributed by atoms with Gasteiger partial charge in [0.15, 0.2) is 0 Å². The van der Waals surface area contributed by atoms with Crippen molar-refractivity contribution in [1.82, 2.24) is 20.1 Å². The van der Waals surface area contributed by atoms with E-state index >= 15 is 0 Å². The first-order valence-electron chi connectivity index (χ1n) is 10.5. The minimum absolute atomic E-state index is 0.0462. The third-order valence-corrected chi connectivity index (χ3v) is 6.25. The zero-order valence-corrected chi connectivity index (χ0v) is 17.5. The van der Waals surface area contributed by atoms with Crippen LogP contribution in [-0.2, 0) is 13.0 Å². The molecule has 0 unspecified atom stereocenters. The molecule has 2 aliphatic rings. The first-order chi connectivity index (χ1) is 14.0. The summed E-state index contributed by atoms with van der Waals surface area (Å²) >= 11 is 0. The average Bonchev–Trinajstić information content (AvgIpc) is 2.78. The first-order valence-corrected chi connectivity index (χ1v) is 10.5. The number of nitrogens with one attached hydrogen (secondary N) is 1. The van der Waals surface area contributed by atoms with Crippen molar-refractivity contribution in [2.24, 2.45) is 0 Å². The molecule has 2 aliphatic heterocycles. The lowest BCUT2D eigenvalue weighted by Crippen LogP contribution is -2.57. The summed E-state index contributed by atoms with van der Waals surface area (Å²) in [6, 6.07) is 12.8. The summed E-state index contributed by atoms with van der Waals surface area (Å²) < 4.78 is 0. The topological polar surface area (TPSA) is 51.7 Å². The van der Waals surface area contributed by atoms with Crippen LogP contribution >= 0.6 is 0 Å². The van der Waals surface area contributed by atoms with Gasteiger partial charge in [-0.05, 0) is 43.5 Å². The van der Waals surface area contributed by atoms with E-state index in [1.165, 1.54) is 16.8 Å². The van der Waals surface area contributed by atoms with Crippen molar-refractivity contribution < 1.29 is 4.79 Å². The summed E-state index contributed by atoms with van der Waals surface area (Å²) in [6.45, 7) is 10.3. The number of hydrogen-bond acceptors (Lipinski definition) is 4. The Hall–Kier alpha value is -2.60. The SMILES string of the molecule is CC(C)(CNC(=O)N1CCN(c2ccncc2)CC1)N1CCc2ccccc2C1. The number of rotatable bonds is 4. The number of benzene rings is 1. The lowest BCUT2D eigenvalue weighted by atomic mass is 9.94. The molecule has 4 rings (SSSR count). The minimum atomic E-state index is -0.0813. The number of piperazine rings is 1. The number of amides is 2. The Labute approximate surface area is 173 Å².